The van der Waals surface area contributed by atoms with Gasteiger partial charge in [-0.3, -0.25) is 0 Å². The minimum atomic E-state index is 0.277. The number of hydrogen-bond acceptors (Lipinski definition) is 4. The van der Waals surface area contributed by atoms with Crippen LogP contribution < -0.4 is 4.74 Å². The third kappa shape index (κ3) is 2.24. The Balaban J connectivity index is 1.65. The SMILES string of the molecule is CN1C2CCC1CC(Oc1ccc(Cl)nn1)C2. The predicted octanol–water partition coefficient (Wildman–Crippen LogP) is 2.13. The molecule has 1 aromatic rings. The summed E-state index contributed by atoms with van der Waals surface area (Å²) < 4.78 is 5.88. The van der Waals surface area contributed by atoms with Gasteiger partial charge < -0.3 is 9.64 Å². The Labute approximate surface area is 106 Å². The minimum absolute atomic E-state index is 0.277. The van der Waals surface area contributed by atoms with Crippen molar-refractivity contribution in [3.05, 3.63) is 17.3 Å². The largest absolute Gasteiger partial charge is 0.473 e. The number of piperidine rings is 1. The summed E-state index contributed by atoms with van der Waals surface area (Å²) in [6, 6.07) is 4.86. The summed E-state index contributed by atoms with van der Waals surface area (Å²) in [5.74, 6) is 0.586. The molecule has 0 N–H and O–H groups in total. The lowest BCUT2D eigenvalue weighted by Gasteiger charge is -2.35. The highest BCUT2D eigenvalue weighted by molar-refractivity contribution is 6.29. The lowest BCUT2D eigenvalue weighted by atomic mass is 10.0. The fourth-order valence-electron chi connectivity index (χ4n) is 3.00. The van der Waals surface area contributed by atoms with Crippen LogP contribution in [0.4, 0.5) is 0 Å². The molecule has 0 radical (unpaired) electrons. The Morgan fingerprint density at radius 1 is 1.24 bits per heavy atom. The van der Waals surface area contributed by atoms with E-state index in [1.807, 2.05) is 0 Å². The topological polar surface area (TPSA) is 38.2 Å². The third-order valence-corrected chi connectivity index (χ3v) is 4.15. The first kappa shape index (κ1) is 11.2. The van der Waals surface area contributed by atoms with Gasteiger partial charge in [0.05, 0.1) is 0 Å². The van der Waals surface area contributed by atoms with Gasteiger partial charge in [0.15, 0.2) is 5.15 Å². The maximum atomic E-state index is 5.88. The van der Waals surface area contributed by atoms with Crippen molar-refractivity contribution in [3.63, 3.8) is 0 Å². The zero-order valence-corrected chi connectivity index (χ0v) is 10.6. The van der Waals surface area contributed by atoms with Crippen LogP contribution in [0.3, 0.4) is 0 Å². The van der Waals surface area contributed by atoms with Crippen LogP contribution in [-0.2, 0) is 0 Å². The predicted molar refractivity (Wildman–Crippen MR) is 65.3 cm³/mol. The van der Waals surface area contributed by atoms with E-state index >= 15 is 0 Å². The molecule has 3 rings (SSSR count). The fraction of sp³-hybridized carbons (Fsp3) is 0.667. The van der Waals surface area contributed by atoms with Gasteiger partial charge in [0.25, 0.3) is 0 Å². The minimum Gasteiger partial charge on any atom is -0.473 e. The van der Waals surface area contributed by atoms with E-state index in [0.717, 1.165) is 12.8 Å². The number of hydrogen-bond donors (Lipinski definition) is 0. The van der Waals surface area contributed by atoms with Crippen molar-refractivity contribution in [2.75, 3.05) is 7.05 Å². The second-order valence-corrected chi connectivity index (χ2v) is 5.34. The summed E-state index contributed by atoms with van der Waals surface area (Å²) in [7, 11) is 2.22. The first-order chi connectivity index (χ1) is 8.22. The Morgan fingerprint density at radius 3 is 2.53 bits per heavy atom. The summed E-state index contributed by atoms with van der Waals surface area (Å²) in [5.41, 5.74) is 0. The molecule has 3 heterocycles. The molecule has 2 aliphatic heterocycles. The van der Waals surface area contributed by atoms with Crippen LogP contribution in [0.15, 0.2) is 12.1 Å². The van der Waals surface area contributed by atoms with Gasteiger partial charge in [0, 0.05) is 18.2 Å². The number of halogens is 1. The van der Waals surface area contributed by atoms with Crippen LogP contribution in [-0.4, -0.2) is 40.3 Å². The van der Waals surface area contributed by atoms with E-state index in [1.165, 1.54) is 12.8 Å². The number of rotatable bonds is 2. The Morgan fingerprint density at radius 2 is 1.94 bits per heavy atom. The van der Waals surface area contributed by atoms with Gasteiger partial charge in [0.1, 0.15) is 6.10 Å². The molecule has 0 aliphatic carbocycles. The molecule has 2 fully saturated rings. The molecule has 2 unspecified atom stereocenters. The highest BCUT2D eigenvalue weighted by Crippen LogP contribution is 2.35. The van der Waals surface area contributed by atoms with Gasteiger partial charge in [-0.25, -0.2) is 0 Å². The van der Waals surface area contributed by atoms with Crippen LogP contribution in [0.5, 0.6) is 5.88 Å². The molecular formula is C12H16ClN3O. The second-order valence-electron chi connectivity index (χ2n) is 4.96. The van der Waals surface area contributed by atoms with Crippen molar-refractivity contribution in [2.45, 2.75) is 43.9 Å². The van der Waals surface area contributed by atoms with Crippen molar-refractivity contribution < 1.29 is 4.74 Å². The standard InChI is InChI=1S/C12H16ClN3O/c1-16-8-2-3-9(16)7-10(6-8)17-12-5-4-11(13)14-15-12/h4-5,8-10H,2-3,6-7H2,1H3. The molecule has 5 heteroatoms. The zero-order valence-electron chi connectivity index (χ0n) is 9.84. The average Bonchev–Trinajstić information content (AvgIpc) is 2.55. The fourth-order valence-corrected chi connectivity index (χ4v) is 3.10. The van der Waals surface area contributed by atoms with Crippen LogP contribution in [0, 0.1) is 0 Å². The zero-order chi connectivity index (χ0) is 11.8. The quantitative estimate of drug-likeness (QED) is 0.809. The van der Waals surface area contributed by atoms with Crippen LogP contribution in [0.1, 0.15) is 25.7 Å². The molecule has 92 valence electrons. The van der Waals surface area contributed by atoms with Crippen molar-refractivity contribution in [1.29, 1.82) is 0 Å². The van der Waals surface area contributed by atoms with Gasteiger partial charge in [-0.1, -0.05) is 11.6 Å². The first-order valence-electron chi connectivity index (χ1n) is 6.10. The molecule has 2 aliphatic rings. The molecule has 1 aromatic heterocycles. The summed E-state index contributed by atoms with van der Waals surface area (Å²) in [4.78, 5) is 2.49. The molecule has 0 spiro atoms. The molecule has 4 nitrogen and oxygen atoms in total. The normalized spacial score (nSPS) is 32.7. The molecule has 0 saturated carbocycles. The van der Waals surface area contributed by atoms with Crippen LogP contribution >= 0.6 is 11.6 Å². The average molecular weight is 254 g/mol. The molecule has 2 bridgehead atoms. The van der Waals surface area contributed by atoms with Gasteiger partial charge in [-0.05, 0) is 38.8 Å². The van der Waals surface area contributed by atoms with E-state index in [4.69, 9.17) is 16.3 Å². The van der Waals surface area contributed by atoms with Crippen molar-refractivity contribution in [1.82, 2.24) is 15.1 Å². The van der Waals surface area contributed by atoms with E-state index in [9.17, 15) is 0 Å². The molecule has 2 atom stereocenters. The number of ether oxygens (including phenoxy) is 1. The Kier molecular flexibility index (Phi) is 2.92. The maximum absolute atomic E-state index is 5.88. The smallest absolute Gasteiger partial charge is 0.233 e. The molecule has 2 saturated heterocycles. The van der Waals surface area contributed by atoms with E-state index in [-0.39, 0.29) is 6.10 Å². The number of aromatic nitrogens is 2. The number of nitrogens with zero attached hydrogens (tertiary/aromatic N) is 3. The molecule has 0 amide bonds. The summed E-state index contributed by atoms with van der Waals surface area (Å²) >= 11 is 5.69. The van der Waals surface area contributed by atoms with Crippen LogP contribution in [0.2, 0.25) is 5.15 Å². The van der Waals surface area contributed by atoms with Gasteiger partial charge >= 0.3 is 0 Å². The van der Waals surface area contributed by atoms with Crippen molar-refractivity contribution >= 4 is 11.6 Å². The van der Waals surface area contributed by atoms with Gasteiger partial charge in [-0.2, -0.15) is 0 Å². The van der Waals surface area contributed by atoms with Gasteiger partial charge in [-0.15, -0.1) is 10.2 Å². The van der Waals surface area contributed by atoms with Crippen LogP contribution in [0.25, 0.3) is 0 Å². The van der Waals surface area contributed by atoms with E-state index in [0.29, 0.717) is 23.1 Å². The monoisotopic (exact) mass is 253 g/mol. The van der Waals surface area contributed by atoms with Crippen molar-refractivity contribution in [2.24, 2.45) is 0 Å². The second kappa shape index (κ2) is 4.42. The van der Waals surface area contributed by atoms with Gasteiger partial charge in [0.2, 0.25) is 5.88 Å². The summed E-state index contributed by atoms with van der Waals surface area (Å²) in [6.45, 7) is 0. The molecule has 0 aromatic carbocycles. The molecular weight excluding hydrogens is 238 g/mol. The number of fused-ring (bicyclic) bond motifs is 2. The highest BCUT2D eigenvalue weighted by Gasteiger charge is 2.39. The van der Waals surface area contributed by atoms with E-state index in [2.05, 4.69) is 22.1 Å². The summed E-state index contributed by atoms with van der Waals surface area (Å²) in [6.07, 6.45) is 5.06. The van der Waals surface area contributed by atoms with E-state index < -0.39 is 0 Å². The maximum Gasteiger partial charge on any atom is 0.233 e. The van der Waals surface area contributed by atoms with E-state index in [1.54, 1.807) is 12.1 Å². The first-order valence-corrected chi connectivity index (χ1v) is 6.48. The molecule has 17 heavy (non-hydrogen) atoms. The Bertz CT molecular complexity index is 383. The summed E-state index contributed by atoms with van der Waals surface area (Å²) in [5, 5.41) is 8.14. The lowest BCUT2D eigenvalue weighted by molar-refractivity contribution is 0.0626. The highest BCUT2D eigenvalue weighted by atomic mass is 35.5. The third-order valence-electron chi connectivity index (χ3n) is 3.95. The lowest BCUT2D eigenvalue weighted by Crippen LogP contribution is -2.43. The Hall–Kier alpha value is -0.870. The van der Waals surface area contributed by atoms with Crippen molar-refractivity contribution in [3.8, 4) is 5.88 Å².